The average molecular weight is 690 g/mol. The number of aromatic nitrogens is 3. The molecule has 6 heteroatoms. The van der Waals surface area contributed by atoms with Gasteiger partial charge in [0.15, 0.2) is 11.6 Å². The molecule has 0 saturated carbocycles. The molecule has 50 heavy (non-hydrogen) atoms. The van der Waals surface area contributed by atoms with E-state index in [-0.39, 0.29) is 0 Å². The quantitative estimate of drug-likeness (QED) is 0.181. The number of nitrogens with zero attached hydrogens (tertiary/aromatic N) is 3. The third-order valence-corrected chi connectivity index (χ3v) is 13.6. The van der Waals surface area contributed by atoms with Gasteiger partial charge in [-0.2, -0.15) is 0 Å². The van der Waals surface area contributed by atoms with Crippen LogP contribution in [-0.4, -0.2) is 14.5 Å². The van der Waals surface area contributed by atoms with Crippen molar-refractivity contribution in [2.75, 3.05) is 0 Å². The Morgan fingerprint density at radius 1 is 0.420 bits per heavy atom. The first-order chi connectivity index (χ1) is 24.8. The predicted molar refractivity (Wildman–Crippen MR) is 218 cm³/mol. The number of hydrogen-bond donors (Lipinski definition) is 0. The molecule has 3 nitrogen and oxygen atoms in total. The summed E-state index contributed by atoms with van der Waals surface area (Å²) in [5.41, 5.74) is 3.38. The van der Waals surface area contributed by atoms with Crippen LogP contribution >= 0.6 is 34.0 Å². The standard InChI is InChI=1S/C44H23N3S3/c1-2-13-27-26(12-1)37-28-14-3-7-17-32(28)47(40(37)38-29-15-5-9-19-34(29)49-41(27)38)43-39-30-16-6-10-20-35(30)50-44(39)46-42(45-43)24-21-22-36-31(23-24)25-11-4-8-18-33(25)48-36/h1-23H. The molecule has 0 N–H and O–H groups in total. The maximum absolute atomic E-state index is 5.62. The van der Waals surface area contributed by atoms with Gasteiger partial charge in [-0.15, -0.1) is 34.0 Å². The van der Waals surface area contributed by atoms with Crippen molar-refractivity contribution in [3.05, 3.63) is 140 Å². The lowest BCUT2D eigenvalue weighted by Gasteiger charge is -2.13. The first-order valence-corrected chi connectivity index (χ1v) is 19.1. The highest BCUT2D eigenvalue weighted by molar-refractivity contribution is 7.27. The normalized spacial score (nSPS) is 12.4. The summed E-state index contributed by atoms with van der Waals surface area (Å²) < 4.78 is 8.86. The highest BCUT2D eigenvalue weighted by atomic mass is 32.1. The van der Waals surface area contributed by atoms with Crippen molar-refractivity contribution in [3.63, 3.8) is 0 Å². The fourth-order valence-corrected chi connectivity index (χ4v) is 11.5. The largest absolute Gasteiger partial charge is 0.292 e. The minimum absolute atomic E-state index is 0.745. The summed E-state index contributed by atoms with van der Waals surface area (Å²) >= 11 is 5.47. The van der Waals surface area contributed by atoms with Gasteiger partial charge in [0.2, 0.25) is 0 Å². The van der Waals surface area contributed by atoms with Crippen LogP contribution in [0, 0.1) is 0 Å². The minimum atomic E-state index is 0.745. The first-order valence-electron chi connectivity index (χ1n) is 16.7. The van der Waals surface area contributed by atoms with Gasteiger partial charge in [-0.3, -0.25) is 4.57 Å². The highest BCUT2D eigenvalue weighted by Gasteiger charge is 2.25. The molecule has 0 aliphatic rings. The zero-order chi connectivity index (χ0) is 32.5. The van der Waals surface area contributed by atoms with Crippen molar-refractivity contribution in [1.29, 1.82) is 0 Å². The van der Waals surface area contributed by atoms with Crippen LogP contribution in [0.5, 0.6) is 0 Å². The van der Waals surface area contributed by atoms with Crippen molar-refractivity contribution >= 4 is 127 Å². The van der Waals surface area contributed by atoms with E-state index in [4.69, 9.17) is 9.97 Å². The minimum Gasteiger partial charge on any atom is -0.292 e. The smallest absolute Gasteiger partial charge is 0.163 e. The number of benzene rings is 7. The molecular formula is C44H23N3S3. The van der Waals surface area contributed by atoms with Gasteiger partial charge in [0.05, 0.1) is 16.4 Å². The molecule has 0 atom stereocenters. The molecule has 0 spiro atoms. The maximum atomic E-state index is 5.62. The van der Waals surface area contributed by atoms with Crippen LogP contribution in [-0.2, 0) is 0 Å². The zero-order valence-electron chi connectivity index (χ0n) is 26.3. The molecule has 5 heterocycles. The lowest BCUT2D eigenvalue weighted by molar-refractivity contribution is 1.08. The Bertz CT molecular complexity index is 3400. The average Bonchev–Trinajstić information content (AvgIpc) is 3.93. The van der Waals surface area contributed by atoms with Crippen molar-refractivity contribution < 1.29 is 0 Å². The van der Waals surface area contributed by atoms with Gasteiger partial charge in [0.1, 0.15) is 4.83 Å². The summed E-state index contributed by atoms with van der Waals surface area (Å²) in [6.45, 7) is 0. The summed E-state index contributed by atoms with van der Waals surface area (Å²) in [6.07, 6.45) is 0. The van der Waals surface area contributed by atoms with E-state index in [9.17, 15) is 0 Å². The Morgan fingerprint density at radius 2 is 1.02 bits per heavy atom. The predicted octanol–water partition coefficient (Wildman–Crippen LogP) is 13.5. The molecule has 7 aromatic carbocycles. The van der Waals surface area contributed by atoms with Crippen LogP contribution < -0.4 is 0 Å². The number of thiophene rings is 3. The molecule has 5 aromatic heterocycles. The van der Waals surface area contributed by atoms with Gasteiger partial charge < -0.3 is 0 Å². The second kappa shape index (κ2) is 9.96. The molecule has 0 saturated heterocycles. The fourth-order valence-electron chi connectivity index (χ4n) is 8.10. The third kappa shape index (κ3) is 3.57. The van der Waals surface area contributed by atoms with Crippen LogP contribution in [0.2, 0.25) is 0 Å². The van der Waals surface area contributed by atoms with E-state index in [1.807, 2.05) is 22.7 Å². The van der Waals surface area contributed by atoms with E-state index in [2.05, 4.69) is 144 Å². The summed E-state index contributed by atoms with van der Waals surface area (Å²) in [4.78, 5) is 12.0. The van der Waals surface area contributed by atoms with Crippen LogP contribution in [0.15, 0.2) is 140 Å². The molecule has 0 aliphatic carbocycles. The SMILES string of the molecule is c1ccc2c(c1)sc1ccc(-c3nc(-n4c5ccccc5c5c6ccccc6c6sc7ccccc7c6c54)c4c(n3)sc3ccccc34)cc12. The van der Waals surface area contributed by atoms with Gasteiger partial charge in [0.25, 0.3) is 0 Å². The van der Waals surface area contributed by atoms with E-state index in [1.54, 1.807) is 11.3 Å². The van der Waals surface area contributed by atoms with Crippen molar-refractivity contribution in [3.8, 4) is 17.2 Å². The molecule has 0 unspecified atom stereocenters. The van der Waals surface area contributed by atoms with Gasteiger partial charge in [-0.1, -0.05) is 97.1 Å². The van der Waals surface area contributed by atoms with E-state index < -0.39 is 0 Å². The molecule has 12 aromatic rings. The molecule has 0 aliphatic heterocycles. The Balaban J connectivity index is 1.30. The second-order valence-corrected chi connectivity index (χ2v) is 16.0. The van der Waals surface area contributed by atoms with Crippen LogP contribution in [0.1, 0.15) is 0 Å². The molecule has 12 rings (SSSR count). The Kier molecular flexibility index (Phi) is 5.42. The summed E-state index contributed by atoms with van der Waals surface area (Å²) in [7, 11) is 0. The van der Waals surface area contributed by atoms with Gasteiger partial charge in [-0.25, -0.2) is 9.97 Å². The van der Waals surface area contributed by atoms with E-state index >= 15 is 0 Å². The third-order valence-electron chi connectivity index (χ3n) is 10.2. The van der Waals surface area contributed by atoms with E-state index in [1.165, 1.54) is 77.5 Å². The van der Waals surface area contributed by atoms with Gasteiger partial charge >= 0.3 is 0 Å². The molecule has 0 amide bonds. The van der Waals surface area contributed by atoms with Gasteiger partial charge in [-0.05, 0) is 47.9 Å². The molecule has 0 radical (unpaired) electrons. The van der Waals surface area contributed by atoms with E-state index in [0.29, 0.717) is 0 Å². The summed E-state index contributed by atoms with van der Waals surface area (Å²) in [6, 6.07) is 50.7. The zero-order valence-corrected chi connectivity index (χ0v) is 28.8. The Labute approximate surface area is 296 Å². The number of rotatable bonds is 2. The number of fused-ring (bicyclic) bond motifs is 16. The second-order valence-electron chi connectivity index (χ2n) is 12.9. The van der Waals surface area contributed by atoms with Crippen molar-refractivity contribution in [2.24, 2.45) is 0 Å². The summed E-state index contributed by atoms with van der Waals surface area (Å²) in [5.74, 6) is 1.67. The van der Waals surface area contributed by atoms with Gasteiger partial charge in [0, 0.05) is 72.2 Å². The Hall–Kier alpha value is -5.66. The van der Waals surface area contributed by atoms with Crippen LogP contribution in [0.25, 0.3) is 110 Å². The van der Waals surface area contributed by atoms with Crippen molar-refractivity contribution in [1.82, 2.24) is 14.5 Å². The van der Waals surface area contributed by atoms with Crippen LogP contribution in [0.3, 0.4) is 0 Å². The summed E-state index contributed by atoms with van der Waals surface area (Å²) in [5, 5.41) is 12.4. The number of hydrogen-bond acceptors (Lipinski definition) is 5. The highest BCUT2D eigenvalue weighted by Crippen LogP contribution is 2.49. The molecular weight excluding hydrogens is 667 g/mol. The first kappa shape index (κ1) is 27.2. The topological polar surface area (TPSA) is 30.7 Å². The lowest BCUT2D eigenvalue weighted by Crippen LogP contribution is -2.02. The van der Waals surface area contributed by atoms with Crippen LogP contribution in [0.4, 0.5) is 0 Å². The maximum Gasteiger partial charge on any atom is 0.163 e. The van der Waals surface area contributed by atoms with E-state index in [0.717, 1.165) is 32.9 Å². The lowest BCUT2D eigenvalue weighted by atomic mass is 10.00. The molecule has 0 bridgehead atoms. The molecule has 0 fully saturated rings. The number of para-hydroxylation sites is 1. The fraction of sp³-hybridized carbons (Fsp3) is 0. The van der Waals surface area contributed by atoms with Crippen molar-refractivity contribution in [2.45, 2.75) is 0 Å². The monoisotopic (exact) mass is 689 g/mol. The Morgan fingerprint density at radius 3 is 1.82 bits per heavy atom. The molecule has 232 valence electrons.